The lowest BCUT2D eigenvalue weighted by molar-refractivity contribution is -0.387. The van der Waals surface area contributed by atoms with Gasteiger partial charge < -0.3 is 0 Å². The third-order valence-corrected chi connectivity index (χ3v) is 4.78. The highest BCUT2D eigenvalue weighted by atomic mass is 79.9. The molecule has 3 rings (SSSR count). The molecule has 0 bridgehead atoms. The molecule has 0 aromatic heterocycles. The van der Waals surface area contributed by atoms with Gasteiger partial charge in [0, 0.05) is 22.5 Å². The molecule has 1 aliphatic heterocycles. The van der Waals surface area contributed by atoms with Crippen LogP contribution in [-0.2, 0) is 4.79 Å². The van der Waals surface area contributed by atoms with Crippen molar-refractivity contribution in [2.75, 3.05) is 4.31 Å². The first kappa shape index (κ1) is 14.7. The summed E-state index contributed by atoms with van der Waals surface area (Å²) in [6.07, 6.45) is 0. The lowest BCUT2D eigenvalue weighted by Gasteiger charge is -2.16. The monoisotopic (exact) mass is 378 g/mol. The van der Waals surface area contributed by atoms with Gasteiger partial charge in [0.25, 0.3) is 11.5 Å². The smallest absolute Gasteiger partial charge is 0.283 e. The zero-order chi connectivity index (χ0) is 15.9. The number of Topliss-reactive ketones (excluding diaryl/α,β-unsaturated/α-hetero) is 1. The van der Waals surface area contributed by atoms with Gasteiger partial charge in [-0.15, -0.1) is 0 Å². The first-order chi connectivity index (χ1) is 10.5. The van der Waals surface area contributed by atoms with Crippen molar-refractivity contribution in [3.63, 3.8) is 0 Å². The molecule has 1 aliphatic rings. The van der Waals surface area contributed by atoms with Crippen molar-refractivity contribution in [3.05, 3.63) is 62.6 Å². The molecule has 110 valence electrons. The highest BCUT2D eigenvalue weighted by Crippen LogP contribution is 2.43. The zero-order valence-corrected chi connectivity index (χ0v) is 13.3. The van der Waals surface area contributed by atoms with Crippen LogP contribution in [0.25, 0.3) is 0 Å². The molecule has 0 unspecified atom stereocenters. The van der Waals surface area contributed by atoms with Gasteiger partial charge >= 0.3 is 5.91 Å². The number of ketones is 1. The minimum Gasteiger partial charge on any atom is -0.283 e. The van der Waals surface area contributed by atoms with Gasteiger partial charge in [0.2, 0.25) is 0 Å². The van der Waals surface area contributed by atoms with Crippen LogP contribution in [0.3, 0.4) is 0 Å². The third-order valence-electron chi connectivity index (χ3n) is 3.06. The van der Waals surface area contributed by atoms with E-state index < -0.39 is 16.6 Å². The van der Waals surface area contributed by atoms with E-state index in [0.29, 0.717) is 10.2 Å². The molecule has 0 radical (unpaired) electrons. The maximum absolute atomic E-state index is 12.2. The second-order valence-corrected chi connectivity index (χ2v) is 6.22. The number of nitrogens with zero attached hydrogens (tertiary/aromatic N) is 2. The molecule has 0 spiro atoms. The molecule has 0 atom stereocenters. The number of nitro groups is 1. The topological polar surface area (TPSA) is 80.5 Å². The number of hydrogen-bond acceptors (Lipinski definition) is 5. The minimum absolute atomic E-state index is 0.117. The average molecular weight is 379 g/mol. The molecule has 0 fully saturated rings. The molecular formula is C14H7BrN2O4S. The second kappa shape index (κ2) is 5.54. The van der Waals surface area contributed by atoms with Crippen LogP contribution in [0.15, 0.2) is 51.8 Å². The van der Waals surface area contributed by atoms with Crippen molar-refractivity contribution in [2.45, 2.75) is 4.90 Å². The van der Waals surface area contributed by atoms with Crippen molar-refractivity contribution >= 4 is 50.9 Å². The van der Waals surface area contributed by atoms with Gasteiger partial charge in [0.15, 0.2) is 0 Å². The summed E-state index contributed by atoms with van der Waals surface area (Å²) in [7, 11) is 0. The van der Waals surface area contributed by atoms with Crippen LogP contribution in [0.5, 0.6) is 0 Å². The van der Waals surface area contributed by atoms with E-state index in [0.717, 1.165) is 11.9 Å². The Morgan fingerprint density at radius 3 is 2.55 bits per heavy atom. The predicted octanol–water partition coefficient (Wildman–Crippen LogP) is 3.59. The normalized spacial score (nSPS) is 13.4. The fraction of sp³-hybridized carbons (Fsp3) is 0. The van der Waals surface area contributed by atoms with Crippen LogP contribution < -0.4 is 4.31 Å². The summed E-state index contributed by atoms with van der Waals surface area (Å²) >= 11 is 4.18. The molecular weight excluding hydrogens is 372 g/mol. The number of carbonyl (C=O) groups is 2. The number of benzene rings is 2. The minimum atomic E-state index is -0.718. The van der Waals surface area contributed by atoms with Gasteiger partial charge in [-0.3, -0.25) is 19.7 Å². The molecule has 1 heterocycles. The van der Waals surface area contributed by atoms with E-state index >= 15 is 0 Å². The Morgan fingerprint density at radius 1 is 1.09 bits per heavy atom. The number of carbonyl (C=O) groups excluding carboxylic acids is 2. The quantitative estimate of drug-likeness (QED) is 0.352. The zero-order valence-electron chi connectivity index (χ0n) is 10.9. The van der Waals surface area contributed by atoms with Crippen LogP contribution in [0.4, 0.5) is 11.4 Å². The Labute approximate surface area is 137 Å². The van der Waals surface area contributed by atoms with E-state index in [-0.39, 0.29) is 16.1 Å². The number of para-hydroxylation sites is 2. The van der Waals surface area contributed by atoms with Crippen LogP contribution in [0, 0.1) is 10.1 Å². The lowest BCUT2D eigenvalue weighted by atomic mass is 10.1. The second-order valence-electron chi connectivity index (χ2n) is 4.38. The summed E-state index contributed by atoms with van der Waals surface area (Å²) in [5, 5.41) is 11.1. The Bertz CT molecular complexity index is 824. The Balaban J connectivity index is 2.07. The van der Waals surface area contributed by atoms with Gasteiger partial charge in [-0.25, -0.2) is 4.31 Å². The fourth-order valence-corrected chi connectivity index (χ4v) is 3.77. The number of halogens is 1. The van der Waals surface area contributed by atoms with Crippen molar-refractivity contribution in [2.24, 2.45) is 0 Å². The number of nitro benzene ring substituents is 1. The van der Waals surface area contributed by atoms with Crippen molar-refractivity contribution in [1.82, 2.24) is 0 Å². The SMILES string of the molecule is O=C1C(=O)N(Sc2ccccc2[N+](=O)[O-])c2c(Br)cccc21. The number of fused-ring (bicyclic) bond motifs is 1. The number of rotatable bonds is 3. The van der Waals surface area contributed by atoms with Crippen molar-refractivity contribution in [3.8, 4) is 0 Å². The molecule has 0 saturated carbocycles. The first-order valence-corrected chi connectivity index (χ1v) is 7.66. The molecule has 2 aromatic carbocycles. The van der Waals surface area contributed by atoms with Gasteiger partial charge in [-0.05, 0) is 34.1 Å². The van der Waals surface area contributed by atoms with E-state index in [1.807, 2.05) is 0 Å². The highest BCUT2D eigenvalue weighted by Gasteiger charge is 2.39. The molecule has 0 N–H and O–H groups in total. The van der Waals surface area contributed by atoms with Crippen LogP contribution in [-0.4, -0.2) is 16.6 Å². The van der Waals surface area contributed by atoms with Crippen LogP contribution in [0.1, 0.15) is 10.4 Å². The summed E-state index contributed by atoms with van der Waals surface area (Å²) in [5.41, 5.74) is 0.583. The summed E-state index contributed by atoms with van der Waals surface area (Å²) in [4.78, 5) is 35.0. The Morgan fingerprint density at radius 2 is 1.82 bits per heavy atom. The summed E-state index contributed by atoms with van der Waals surface area (Å²) in [5.74, 6) is -1.34. The molecule has 0 aliphatic carbocycles. The molecule has 8 heteroatoms. The van der Waals surface area contributed by atoms with Gasteiger partial charge in [0.1, 0.15) is 4.90 Å². The molecule has 6 nitrogen and oxygen atoms in total. The number of hydrogen-bond donors (Lipinski definition) is 0. The number of anilines is 1. The third kappa shape index (κ3) is 2.30. The van der Waals surface area contributed by atoms with E-state index in [9.17, 15) is 19.7 Å². The van der Waals surface area contributed by atoms with Gasteiger partial charge in [0.05, 0.1) is 16.2 Å². The van der Waals surface area contributed by atoms with Crippen LogP contribution in [0.2, 0.25) is 0 Å². The Kier molecular flexibility index (Phi) is 3.71. The van der Waals surface area contributed by atoms with Gasteiger partial charge in [-0.2, -0.15) is 0 Å². The lowest BCUT2D eigenvalue weighted by Crippen LogP contribution is -2.23. The molecule has 0 saturated heterocycles. The standard InChI is InChI=1S/C14H7BrN2O4S/c15-9-5-3-4-8-12(9)16(14(19)13(8)18)22-11-7-2-1-6-10(11)17(20)21/h1-7H. The Hall–Kier alpha value is -2.19. The van der Waals surface area contributed by atoms with E-state index in [4.69, 9.17) is 0 Å². The van der Waals surface area contributed by atoms with E-state index in [1.165, 1.54) is 16.4 Å². The maximum Gasteiger partial charge on any atom is 0.309 e. The number of amides is 1. The van der Waals surface area contributed by atoms with Crippen molar-refractivity contribution in [1.29, 1.82) is 0 Å². The molecule has 22 heavy (non-hydrogen) atoms. The fourth-order valence-electron chi connectivity index (χ4n) is 2.08. The van der Waals surface area contributed by atoms with E-state index in [2.05, 4.69) is 15.9 Å². The molecule has 2 aromatic rings. The summed E-state index contributed by atoms with van der Waals surface area (Å²) < 4.78 is 1.76. The molecule has 1 amide bonds. The highest BCUT2D eigenvalue weighted by molar-refractivity contribution is 9.10. The predicted molar refractivity (Wildman–Crippen MR) is 84.9 cm³/mol. The van der Waals surface area contributed by atoms with Crippen LogP contribution >= 0.6 is 27.9 Å². The van der Waals surface area contributed by atoms with Crippen molar-refractivity contribution < 1.29 is 14.5 Å². The van der Waals surface area contributed by atoms with Gasteiger partial charge in [-0.1, -0.05) is 18.2 Å². The average Bonchev–Trinajstić information content (AvgIpc) is 2.74. The largest absolute Gasteiger partial charge is 0.309 e. The first-order valence-electron chi connectivity index (χ1n) is 6.09. The maximum atomic E-state index is 12.2. The summed E-state index contributed by atoms with van der Waals surface area (Å²) in [6.45, 7) is 0. The van der Waals surface area contributed by atoms with E-state index in [1.54, 1.807) is 30.3 Å². The summed E-state index contributed by atoms with van der Waals surface area (Å²) in [6, 6.07) is 11.0.